The molecule has 0 bridgehead atoms. The van der Waals surface area contributed by atoms with Gasteiger partial charge in [0, 0.05) is 19.0 Å². The van der Waals surface area contributed by atoms with Crippen molar-refractivity contribution in [1.82, 2.24) is 10.3 Å². The Morgan fingerprint density at radius 1 is 1.57 bits per heavy atom. The van der Waals surface area contributed by atoms with Gasteiger partial charge in [-0.25, -0.2) is 4.98 Å². The third kappa shape index (κ3) is 4.17. The van der Waals surface area contributed by atoms with Crippen LogP contribution < -0.4 is 5.32 Å². The van der Waals surface area contributed by atoms with Crippen molar-refractivity contribution in [3.05, 3.63) is 16.1 Å². The average Bonchev–Trinajstić information content (AvgIpc) is 2.53. The molecule has 0 amide bonds. The second kappa shape index (κ2) is 6.11. The maximum absolute atomic E-state index is 5.01. The predicted octanol–water partition coefficient (Wildman–Crippen LogP) is 2.04. The molecular formula is C10H18N2OS. The summed E-state index contributed by atoms with van der Waals surface area (Å²) in [7, 11) is 1.69. The van der Waals surface area contributed by atoms with Gasteiger partial charge in [0.1, 0.15) is 5.01 Å². The summed E-state index contributed by atoms with van der Waals surface area (Å²) in [4.78, 5) is 4.43. The van der Waals surface area contributed by atoms with Crippen LogP contribution in [0, 0.1) is 5.92 Å². The van der Waals surface area contributed by atoms with Crippen LogP contribution in [0.5, 0.6) is 0 Å². The van der Waals surface area contributed by atoms with Gasteiger partial charge in [-0.15, -0.1) is 11.3 Å². The van der Waals surface area contributed by atoms with Gasteiger partial charge in [0.05, 0.1) is 12.3 Å². The molecule has 1 rings (SSSR count). The molecule has 80 valence electrons. The molecule has 0 fully saturated rings. The van der Waals surface area contributed by atoms with E-state index in [-0.39, 0.29) is 0 Å². The number of hydrogen-bond acceptors (Lipinski definition) is 4. The van der Waals surface area contributed by atoms with Crippen LogP contribution in [-0.4, -0.2) is 18.6 Å². The van der Waals surface area contributed by atoms with Gasteiger partial charge >= 0.3 is 0 Å². The Hall–Kier alpha value is -0.450. The van der Waals surface area contributed by atoms with Crippen LogP contribution in [0.3, 0.4) is 0 Å². The maximum Gasteiger partial charge on any atom is 0.107 e. The highest BCUT2D eigenvalue weighted by Gasteiger charge is 2.01. The second-order valence-corrected chi connectivity index (χ2v) is 4.63. The van der Waals surface area contributed by atoms with Crippen molar-refractivity contribution in [1.29, 1.82) is 0 Å². The highest BCUT2D eigenvalue weighted by atomic mass is 32.1. The van der Waals surface area contributed by atoms with Crippen molar-refractivity contribution >= 4 is 11.3 Å². The topological polar surface area (TPSA) is 34.1 Å². The Bertz CT molecular complexity index is 260. The predicted molar refractivity (Wildman–Crippen MR) is 59.4 cm³/mol. The van der Waals surface area contributed by atoms with E-state index in [9.17, 15) is 0 Å². The fraction of sp³-hybridized carbons (Fsp3) is 0.700. The van der Waals surface area contributed by atoms with Gasteiger partial charge in [0.2, 0.25) is 0 Å². The standard InChI is InChI=1S/C10H18N2OS/c1-8(2)4-11-5-10-12-9(6-13-3)7-14-10/h7-8,11H,4-6H2,1-3H3. The Kier molecular flexibility index (Phi) is 5.07. The zero-order chi connectivity index (χ0) is 10.4. The molecule has 0 aliphatic carbocycles. The fourth-order valence-electron chi connectivity index (χ4n) is 1.11. The largest absolute Gasteiger partial charge is 0.378 e. The molecule has 0 aromatic carbocycles. The first-order valence-electron chi connectivity index (χ1n) is 4.85. The summed E-state index contributed by atoms with van der Waals surface area (Å²) in [6.07, 6.45) is 0. The maximum atomic E-state index is 5.01. The molecule has 3 nitrogen and oxygen atoms in total. The number of rotatable bonds is 6. The number of methoxy groups -OCH3 is 1. The van der Waals surface area contributed by atoms with Crippen molar-refractivity contribution in [2.75, 3.05) is 13.7 Å². The highest BCUT2D eigenvalue weighted by Crippen LogP contribution is 2.10. The van der Waals surface area contributed by atoms with E-state index in [1.165, 1.54) is 0 Å². The van der Waals surface area contributed by atoms with Crippen LogP contribution in [0.15, 0.2) is 5.38 Å². The summed E-state index contributed by atoms with van der Waals surface area (Å²) < 4.78 is 5.01. The number of hydrogen-bond donors (Lipinski definition) is 1. The van der Waals surface area contributed by atoms with Gasteiger partial charge in [0.15, 0.2) is 0 Å². The Balaban J connectivity index is 2.28. The lowest BCUT2D eigenvalue weighted by Crippen LogP contribution is -2.18. The third-order valence-electron chi connectivity index (χ3n) is 1.72. The molecule has 1 heterocycles. The minimum absolute atomic E-state index is 0.612. The lowest BCUT2D eigenvalue weighted by Gasteiger charge is -2.04. The van der Waals surface area contributed by atoms with E-state index in [2.05, 4.69) is 29.5 Å². The van der Waals surface area contributed by atoms with Gasteiger partial charge in [-0.1, -0.05) is 13.8 Å². The number of nitrogens with zero attached hydrogens (tertiary/aromatic N) is 1. The molecule has 0 radical (unpaired) electrons. The van der Waals surface area contributed by atoms with E-state index in [4.69, 9.17) is 4.74 Å². The van der Waals surface area contributed by atoms with Crippen LogP contribution >= 0.6 is 11.3 Å². The first-order valence-corrected chi connectivity index (χ1v) is 5.73. The molecule has 0 unspecified atom stereocenters. The molecule has 1 N–H and O–H groups in total. The van der Waals surface area contributed by atoms with Gasteiger partial charge in [-0.3, -0.25) is 0 Å². The van der Waals surface area contributed by atoms with Crippen LogP contribution in [-0.2, 0) is 17.9 Å². The number of aromatic nitrogens is 1. The second-order valence-electron chi connectivity index (χ2n) is 3.69. The fourth-order valence-corrected chi connectivity index (χ4v) is 1.86. The molecule has 14 heavy (non-hydrogen) atoms. The summed E-state index contributed by atoms with van der Waals surface area (Å²) in [5.41, 5.74) is 1.03. The van der Waals surface area contributed by atoms with E-state index in [0.717, 1.165) is 23.8 Å². The van der Waals surface area contributed by atoms with E-state index in [1.54, 1.807) is 18.4 Å². The van der Waals surface area contributed by atoms with Gasteiger partial charge < -0.3 is 10.1 Å². The quantitative estimate of drug-likeness (QED) is 0.787. The summed E-state index contributed by atoms with van der Waals surface area (Å²) in [6.45, 7) is 6.92. The van der Waals surface area contributed by atoms with Crippen molar-refractivity contribution in [2.45, 2.75) is 27.0 Å². The number of thiazole rings is 1. The lowest BCUT2D eigenvalue weighted by molar-refractivity contribution is 0.182. The molecule has 0 aliphatic rings. The molecular weight excluding hydrogens is 196 g/mol. The first kappa shape index (κ1) is 11.6. The molecule has 1 aromatic rings. The first-order chi connectivity index (χ1) is 6.72. The molecule has 4 heteroatoms. The highest BCUT2D eigenvalue weighted by molar-refractivity contribution is 7.09. The lowest BCUT2D eigenvalue weighted by atomic mass is 10.2. The van der Waals surface area contributed by atoms with Gasteiger partial charge in [-0.2, -0.15) is 0 Å². The molecule has 0 saturated heterocycles. The zero-order valence-corrected chi connectivity index (χ0v) is 9.86. The minimum atomic E-state index is 0.612. The van der Waals surface area contributed by atoms with Crippen molar-refractivity contribution < 1.29 is 4.74 Å². The Morgan fingerprint density at radius 2 is 2.36 bits per heavy atom. The van der Waals surface area contributed by atoms with Crippen molar-refractivity contribution in [2.24, 2.45) is 5.92 Å². The van der Waals surface area contributed by atoms with Gasteiger partial charge in [0.25, 0.3) is 0 Å². The average molecular weight is 214 g/mol. The van der Waals surface area contributed by atoms with E-state index >= 15 is 0 Å². The monoisotopic (exact) mass is 214 g/mol. The smallest absolute Gasteiger partial charge is 0.107 e. The summed E-state index contributed by atoms with van der Waals surface area (Å²) in [5, 5.41) is 6.55. The van der Waals surface area contributed by atoms with Gasteiger partial charge in [-0.05, 0) is 12.5 Å². The number of ether oxygens (including phenoxy) is 1. The van der Waals surface area contributed by atoms with E-state index in [0.29, 0.717) is 12.5 Å². The summed E-state index contributed by atoms with van der Waals surface area (Å²) in [6, 6.07) is 0. The molecule has 0 aliphatic heterocycles. The SMILES string of the molecule is COCc1csc(CNCC(C)C)n1. The Morgan fingerprint density at radius 3 is 3.00 bits per heavy atom. The molecule has 0 spiro atoms. The van der Waals surface area contributed by atoms with Crippen molar-refractivity contribution in [3.63, 3.8) is 0 Å². The normalized spacial score (nSPS) is 11.1. The molecule has 1 aromatic heterocycles. The van der Waals surface area contributed by atoms with Crippen LogP contribution in [0.4, 0.5) is 0 Å². The van der Waals surface area contributed by atoms with E-state index in [1.807, 2.05) is 0 Å². The summed E-state index contributed by atoms with van der Waals surface area (Å²) in [5.74, 6) is 0.688. The zero-order valence-electron chi connectivity index (χ0n) is 9.04. The molecule has 0 saturated carbocycles. The molecule has 0 atom stereocenters. The van der Waals surface area contributed by atoms with Crippen LogP contribution in [0.1, 0.15) is 24.5 Å². The minimum Gasteiger partial charge on any atom is -0.378 e. The Labute approximate surface area is 89.5 Å². The summed E-state index contributed by atoms with van der Waals surface area (Å²) >= 11 is 1.69. The van der Waals surface area contributed by atoms with E-state index < -0.39 is 0 Å². The van der Waals surface area contributed by atoms with Crippen LogP contribution in [0.2, 0.25) is 0 Å². The van der Waals surface area contributed by atoms with Crippen molar-refractivity contribution in [3.8, 4) is 0 Å². The third-order valence-corrected chi connectivity index (χ3v) is 2.62. The van der Waals surface area contributed by atoms with Crippen LogP contribution in [0.25, 0.3) is 0 Å². The number of nitrogens with one attached hydrogen (secondary N) is 1.